The van der Waals surface area contributed by atoms with Crippen LogP contribution in [0.1, 0.15) is 28.9 Å². The molecule has 1 aromatic heterocycles. The SMILES string of the molecule is O=C(NCC1CC2(CCNCC2)C(=O)O1)c1snc2ccc(Br)cc12. The van der Waals surface area contributed by atoms with Gasteiger partial charge in [0.15, 0.2) is 0 Å². The molecular weight excluding hydrogens is 406 g/mol. The average Bonchev–Trinajstić information content (AvgIpc) is 3.15. The van der Waals surface area contributed by atoms with E-state index in [1.54, 1.807) is 0 Å². The number of cyclic esters (lactones) is 1. The summed E-state index contributed by atoms with van der Waals surface area (Å²) in [6.45, 7) is 2.03. The van der Waals surface area contributed by atoms with Crippen LogP contribution in [0.15, 0.2) is 22.7 Å². The Bertz CT molecular complexity index is 832. The molecule has 1 spiro atoms. The van der Waals surface area contributed by atoms with E-state index >= 15 is 0 Å². The smallest absolute Gasteiger partial charge is 0.312 e. The Labute approximate surface area is 157 Å². The summed E-state index contributed by atoms with van der Waals surface area (Å²) in [5.74, 6) is -0.284. The van der Waals surface area contributed by atoms with E-state index < -0.39 is 0 Å². The van der Waals surface area contributed by atoms with Gasteiger partial charge >= 0.3 is 5.97 Å². The van der Waals surface area contributed by atoms with Gasteiger partial charge in [0.05, 0.1) is 17.5 Å². The van der Waals surface area contributed by atoms with Gasteiger partial charge in [0.1, 0.15) is 11.0 Å². The zero-order valence-electron chi connectivity index (χ0n) is 13.5. The fourth-order valence-corrected chi connectivity index (χ4v) is 4.76. The van der Waals surface area contributed by atoms with E-state index in [4.69, 9.17) is 4.74 Å². The third kappa shape index (κ3) is 3.18. The Balaban J connectivity index is 1.42. The first kappa shape index (κ1) is 16.9. The van der Waals surface area contributed by atoms with Crippen molar-refractivity contribution < 1.29 is 14.3 Å². The number of piperidine rings is 1. The highest BCUT2D eigenvalue weighted by molar-refractivity contribution is 9.10. The second-order valence-corrected chi connectivity index (χ2v) is 8.33. The molecule has 2 fully saturated rings. The highest BCUT2D eigenvalue weighted by Crippen LogP contribution is 2.41. The molecule has 0 radical (unpaired) electrons. The zero-order valence-corrected chi connectivity index (χ0v) is 15.9. The van der Waals surface area contributed by atoms with Gasteiger partial charge in [-0.3, -0.25) is 9.59 Å². The number of rotatable bonds is 3. The molecule has 3 heterocycles. The van der Waals surface area contributed by atoms with Crippen molar-refractivity contribution in [3.63, 3.8) is 0 Å². The van der Waals surface area contributed by atoms with Crippen LogP contribution in [0.25, 0.3) is 10.9 Å². The minimum atomic E-state index is -0.358. The van der Waals surface area contributed by atoms with Crippen molar-refractivity contribution in [2.75, 3.05) is 19.6 Å². The van der Waals surface area contributed by atoms with Crippen molar-refractivity contribution >= 4 is 50.2 Å². The van der Waals surface area contributed by atoms with Crippen molar-refractivity contribution in [3.8, 4) is 0 Å². The monoisotopic (exact) mass is 423 g/mol. The average molecular weight is 424 g/mol. The molecule has 132 valence electrons. The van der Waals surface area contributed by atoms with Gasteiger partial charge in [-0.2, -0.15) is 4.37 Å². The Morgan fingerprint density at radius 3 is 3.04 bits per heavy atom. The number of carbonyl (C=O) groups excluding carboxylic acids is 2. The van der Waals surface area contributed by atoms with Gasteiger partial charge in [0.2, 0.25) is 0 Å². The number of halogens is 1. The van der Waals surface area contributed by atoms with Crippen molar-refractivity contribution in [3.05, 3.63) is 27.5 Å². The molecule has 1 unspecified atom stereocenters. The number of hydrogen-bond acceptors (Lipinski definition) is 6. The summed E-state index contributed by atoms with van der Waals surface area (Å²) >= 11 is 4.61. The van der Waals surface area contributed by atoms with Crippen molar-refractivity contribution in [2.24, 2.45) is 5.41 Å². The zero-order chi connectivity index (χ0) is 17.4. The van der Waals surface area contributed by atoms with Crippen LogP contribution < -0.4 is 10.6 Å². The van der Waals surface area contributed by atoms with Crippen LogP contribution in [0.3, 0.4) is 0 Å². The van der Waals surface area contributed by atoms with Crippen LogP contribution >= 0.6 is 27.5 Å². The summed E-state index contributed by atoms with van der Waals surface area (Å²) in [5, 5.41) is 7.01. The Kier molecular flexibility index (Phi) is 4.51. The van der Waals surface area contributed by atoms with Crippen LogP contribution in [-0.4, -0.2) is 42.0 Å². The summed E-state index contributed by atoms with van der Waals surface area (Å²) in [6, 6.07) is 5.68. The Morgan fingerprint density at radius 2 is 2.24 bits per heavy atom. The molecule has 1 atom stereocenters. The second kappa shape index (κ2) is 6.66. The first-order chi connectivity index (χ1) is 12.1. The van der Waals surface area contributed by atoms with Gasteiger partial charge in [-0.1, -0.05) is 15.9 Å². The molecule has 25 heavy (non-hydrogen) atoms. The van der Waals surface area contributed by atoms with Gasteiger partial charge in [0.25, 0.3) is 5.91 Å². The summed E-state index contributed by atoms with van der Waals surface area (Å²) in [5.41, 5.74) is 0.446. The molecule has 6 nitrogen and oxygen atoms in total. The number of carbonyl (C=O) groups is 2. The van der Waals surface area contributed by atoms with Crippen molar-refractivity contribution in [1.82, 2.24) is 15.0 Å². The fourth-order valence-electron chi connectivity index (χ4n) is 3.63. The molecule has 2 aliphatic rings. The van der Waals surface area contributed by atoms with E-state index in [1.807, 2.05) is 18.2 Å². The normalized spacial score (nSPS) is 22.3. The first-order valence-corrected chi connectivity index (χ1v) is 9.89. The summed E-state index contributed by atoms with van der Waals surface area (Å²) in [4.78, 5) is 25.4. The van der Waals surface area contributed by atoms with Crippen LogP contribution in [-0.2, 0) is 9.53 Å². The molecule has 1 amide bonds. The molecule has 4 rings (SSSR count). The van der Waals surface area contributed by atoms with E-state index in [0.29, 0.717) is 17.8 Å². The van der Waals surface area contributed by atoms with E-state index in [9.17, 15) is 9.59 Å². The van der Waals surface area contributed by atoms with Gasteiger partial charge in [-0.25, -0.2) is 0 Å². The number of ether oxygens (including phenoxy) is 1. The summed E-state index contributed by atoms with van der Waals surface area (Å²) in [7, 11) is 0. The van der Waals surface area contributed by atoms with Gasteiger partial charge in [-0.15, -0.1) is 0 Å². The quantitative estimate of drug-likeness (QED) is 0.741. The lowest BCUT2D eigenvalue weighted by molar-refractivity contribution is -0.149. The maximum atomic E-state index is 12.5. The maximum absolute atomic E-state index is 12.5. The first-order valence-electron chi connectivity index (χ1n) is 8.32. The molecule has 2 aliphatic heterocycles. The van der Waals surface area contributed by atoms with Crippen LogP contribution in [0.2, 0.25) is 0 Å². The standard InChI is InChI=1S/C17H18BrN3O3S/c18-10-1-2-13-12(7-10)14(25-21-13)15(22)20-9-11-8-17(16(23)24-11)3-5-19-6-4-17/h1-2,7,11,19H,3-6,8-9H2,(H,20,22). The minimum absolute atomic E-state index is 0.111. The summed E-state index contributed by atoms with van der Waals surface area (Å²) in [6.07, 6.45) is 2.05. The molecule has 2 aromatic rings. The van der Waals surface area contributed by atoms with Crippen molar-refractivity contribution in [1.29, 1.82) is 0 Å². The number of nitrogens with zero attached hydrogens (tertiary/aromatic N) is 1. The Morgan fingerprint density at radius 1 is 1.44 bits per heavy atom. The van der Waals surface area contributed by atoms with Crippen LogP contribution in [0.5, 0.6) is 0 Å². The lowest BCUT2D eigenvalue weighted by Crippen LogP contribution is -2.39. The van der Waals surface area contributed by atoms with Gasteiger partial charge < -0.3 is 15.4 Å². The highest BCUT2D eigenvalue weighted by atomic mass is 79.9. The molecule has 0 aliphatic carbocycles. The number of hydrogen-bond donors (Lipinski definition) is 2. The molecule has 2 saturated heterocycles. The predicted octanol–water partition coefficient (Wildman–Crippen LogP) is 2.47. The largest absolute Gasteiger partial charge is 0.460 e. The third-order valence-electron chi connectivity index (χ3n) is 5.02. The number of aromatic nitrogens is 1. The van der Waals surface area contributed by atoms with E-state index in [-0.39, 0.29) is 23.4 Å². The van der Waals surface area contributed by atoms with Crippen molar-refractivity contribution in [2.45, 2.75) is 25.4 Å². The highest BCUT2D eigenvalue weighted by Gasteiger charge is 2.49. The molecule has 1 aromatic carbocycles. The molecule has 2 N–H and O–H groups in total. The fraction of sp³-hybridized carbons (Fsp3) is 0.471. The minimum Gasteiger partial charge on any atom is -0.460 e. The molecule has 0 bridgehead atoms. The second-order valence-electron chi connectivity index (χ2n) is 6.64. The molecular formula is C17H18BrN3O3S. The number of benzene rings is 1. The number of amides is 1. The Hall–Kier alpha value is -1.51. The third-order valence-corrected chi connectivity index (χ3v) is 6.39. The van der Waals surface area contributed by atoms with Gasteiger partial charge in [-0.05, 0) is 55.7 Å². The van der Waals surface area contributed by atoms with Gasteiger partial charge in [0, 0.05) is 16.3 Å². The van der Waals surface area contributed by atoms with Crippen LogP contribution in [0.4, 0.5) is 0 Å². The molecule has 8 heteroatoms. The lowest BCUT2D eigenvalue weighted by atomic mass is 9.76. The summed E-state index contributed by atoms with van der Waals surface area (Å²) < 4.78 is 10.7. The van der Waals surface area contributed by atoms with E-state index in [1.165, 1.54) is 11.5 Å². The molecule has 0 saturated carbocycles. The lowest BCUT2D eigenvalue weighted by Gasteiger charge is -2.29. The maximum Gasteiger partial charge on any atom is 0.312 e. The number of fused-ring (bicyclic) bond motifs is 1. The topological polar surface area (TPSA) is 80.3 Å². The number of nitrogens with one attached hydrogen (secondary N) is 2. The predicted molar refractivity (Wildman–Crippen MR) is 98.7 cm³/mol. The van der Waals surface area contributed by atoms with Crippen LogP contribution in [0, 0.1) is 5.41 Å². The van der Waals surface area contributed by atoms with E-state index in [2.05, 4.69) is 30.9 Å². The van der Waals surface area contributed by atoms with E-state index in [0.717, 1.165) is 41.3 Å². The number of esters is 1.